The average molecular weight is 261 g/mol. The van der Waals surface area contributed by atoms with E-state index in [1.165, 1.54) is 25.0 Å². The highest BCUT2D eigenvalue weighted by molar-refractivity contribution is 5.60. The van der Waals surface area contributed by atoms with E-state index < -0.39 is 11.6 Å². The molecule has 1 nitrogen and oxygen atoms in total. The summed E-state index contributed by atoms with van der Waals surface area (Å²) in [6.07, 6.45) is 6.12. The molecule has 0 saturated carbocycles. The van der Waals surface area contributed by atoms with Crippen molar-refractivity contribution in [3.8, 4) is 11.3 Å². The molecular formula is C16H17F2N. The molecule has 2 rings (SSSR count). The maximum absolute atomic E-state index is 13.7. The number of aryl methyl sites for hydroxylation is 1. The van der Waals surface area contributed by atoms with Crippen molar-refractivity contribution < 1.29 is 8.78 Å². The van der Waals surface area contributed by atoms with Gasteiger partial charge in [0.15, 0.2) is 0 Å². The monoisotopic (exact) mass is 261 g/mol. The molecule has 0 bridgehead atoms. The van der Waals surface area contributed by atoms with E-state index in [-0.39, 0.29) is 0 Å². The highest BCUT2D eigenvalue weighted by atomic mass is 19.1. The van der Waals surface area contributed by atoms with Crippen LogP contribution in [0.3, 0.4) is 0 Å². The maximum atomic E-state index is 13.7. The Balaban J connectivity index is 2.22. The van der Waals surface area contributed by atoms with E-state index in [9.17, 15) is 8.78 Å². The number of rotatable bonds is 5. The Labute approximate surface area is 112 Å². The van der Waals surface area contributed by atoms with Gasteiger partial charge in [0.25, 0.3) is 0 Å². The fourth-order valence-corrected chi connectivity index (χ4v) is 2.05. The molecule has 0 aliphatic rings. The fourth-order valence-electron chi connectivity index (χ4n) is 2.05. The lowest BCUT2D eigenvalue weighted by atomic mass is 10.0. The number of benzene rings is 1. The van der Waals surface area contributed by atoms with Crippen LogP contribution in [0.1, 0.15) is 31.7 Å². The molecule has 0 unspecified atom stereocenters. The van der Waals surface area contributed by atoms with Crippen LogP contribution in [0.5, 0.6) is 0 Å². The number of halogens is 2. The van der Waals surface area contributed by atoms with E-state index in [1.807, 2.05) is 12.1 Å². The third-order valence-electron chi connectivity index (χ3n) is 3.10. The van der Waals surface area contributed by atoms with Gasteiger partial charge >= 0.3 is 0 Å². The number of unbranched alkanes of at least 4 members (excludes halogenated alkanes) is 2. The molecule has 0 spiro atoms. The molecule has 100 valence electrons. The summed E-state index contributed by atoms with van der Waals surface area (Å²) in [7, 11) is 0. The molecule has 0 fully saturated rings. The smallest absolute Gasteiger partial charge is 0.135 e. The number of aromatic nitrogens is 1. The second-order valence-corrected chi connectivity index (χ2v) is 4.63. The molecule has 0 radical (unpaired) electrons. The Morgan fingerprint density at radius 2 is 1.89 bits per heavy atom. The lowest BCUT2D eigenvalue weighted by Crippen LogP contribution is -1.92. The second kappa shape index (κ2) is 6.41. The molecular weight excluding hydrogens is 244 g/mol. The van der Waals surface area contributed by atoms with Crippen molar-refractivity contribution in [2.45, 2.75) is 32.6 Å². The average Bonchev–Trinajstić information content (AvgIpc) is 2.39. The van der Waals surface area contributed by atoms with Crippen LogP contribution in [0.4, 0.5) is 8.78 Å². The van der Waals surface area contributed by atoms with Crippen molar-refractivity contribution >= 4 is 0 Å². The number of nitrogens with zero attached hydrogens (tertiary/aromatic N) is 1. The van der Waals surface area contributed by atoms with Gasteiger partial charge in [-0.15, -0.1) is 0 Å². The zero-order valence-corrected chi connectivity index (χ0v) is 11.0. The van der Waals surface area contributed by atoms with E-state index in [1.54, 1.807) is 6.20 Å². The van der Waals surface area contributed by atoms with E-state index in [2.05, 4.69) is 11.9 Å². The first-order chi connectivity index (χ1) is 9.20. The summed E-state index contributed by atoms with van der Waals surface area (Å²) in [6.45, 7) is 2.16. The normalized spacial score (nSPS) is 10.7. The van der Waals surface area contributed by atoms with E-state index in [4.69, 9.17) is 0 Å². The number of hydrogen-bond acceptors (Lipinski definition) is 1. The number of hydrogen-bond donors (Lipinski definition) is 0. The molecule has 0 atom stereocenters. The lowest BCUT2D eigenvalue weighted by Gasteiger charge is -2.06. The Bertz CT molecular complexity index is 552. The SMILES string of the molecule is CCCCCc1ccnc(-c2ccc(F)cc2F)c1. The summed E-state index contributed by atoms with van der Waals surface area (Å²) in [5.74, 6) is -1.14. The minimum Gasteiger partial charge on any atom is -0.256 e. The summed E-state index contributed by atoms with van der Waals surface area (Å²) < 4.78 is 26.6. The summed E-state index contributed by atoms with van der Waals surface area (Å²) >= 11 is 0. The Morgan fingerprint density at radius 1 is 1.05 bits per heavy atom. The van der Waals surface area contributed by atoms with Crippen molar-refractivity contribution in [3.63, 3.8) is 0 Å². The lowest BCUT2D eigenvalue weighted by molar-refractivity contribution is 0.585. The molecule has 0 aliphatic heterocycles. The quantitative estimate of drug-likeness (QED) is 0.707. The predicted octanol–water partition coefficient (Wildman–Crippen LogP) is 4.76. The van der Waals surface area contributed by atoms with Crippen molar-refractivity contribution in [2.75, 3.05) is 0 Å². The number of pyridine rings is 1. The maximum Gasteiger partial charge on any atom is 0.135 e. The molecule has 2 aromatic rings. The highest BCUT2D eigenvalue weighted by Crippen LogP contribution is 2.22. The van der Waals surface area contributed by atoms with Crippen LogP contribution < -0.4 is 0 Å². The third kappa shape index (κ3) is 3.60. The Kier molecular flexibility index (Phi) is 4.61. The van der Waals surface area contributed by atoms with E-state index in [0.717, 1.165) is 24.5 Å². The fraction of sp³-hybridized carbons (Fsp3) is 0.312. The Hall–Kier alpha value is -1.77. The van der Waals surface area contributed by atoms with Crippen molar-refractivity contribution in [1.29, 1.82) is 0 Å². The molecule has 0 saturated heterocycles. The van der Waals surface area contributed by atoms with Gasteiger partial charge in [-0.3, -0.25) is 4.98 Å². The van der Waals surface area contributed by atoms with Gasteiger partial charge in [0, 0.05) is 17.8 Å². The molecule has 0 aliphatic carbocycles. The largest absolute Gasteiger partial charge is 0.256 e. The standard InChI is InChI=1S/C16H17F2N/c1-2-3-4-5-12-8-9-19-16(10-12)14-7-6-13(17)11-15(14)18/h6-11H,2-5H2,1H3. The topological polar surface area (TPSA) is 12.9 Å². The Morgan fingerprint density at radius 3 is 2.63 bits per heavy atom. The first kappa shape index (κ1) is 13.7. The zero-order chi connectivity index (χ0) is 13.7. The molecule has 3 heteroatoms. The first-order valence-electron chi connectivity index (χ1n) is 6.61. The van der Waals surface area contributed by atoms with Gasteiger partial charge < -0.3 is 0 Å². The van der Waals surface area contributed by atoms with Gasteiger partial charge in [0.05, 0.1) is 5.69 Å². The summed E-state index contributed by atoms with van der Waals surface area (Å²) in [5, 5.41) is 0. The first-order valence-corrected chi connectivity index (χ1v) is 6.61. The minimum absolute atomic E-state index is 0.346. The van der Waals surface area contributed by atoms with Crippen LogP contribution in [0.25, 0.3) is 11.3 Å². The molecule has 1 aromatic heterocycles. The van der Waals surface area contributed by atoms with Crippen molar-refractivity contribution in [3.05, 3.63) is 53.7 Å². The minimum atomic E-state index is -0.571. The van der Waals surface area contributed by atoms with Gasteiger partial charge in [-0.25, -0.2) is 8.78 Å². The molecule has 0 N–H and O–H groups in total. The molecule has 19 heavy (non-hydrogen) atoms. The van der Waals surface area contributed by atoms with Crippen LogP contribution in [0, 0.1) is 11.6 Å². The van der Waals surface area contributed by atoms with Crippen LogP contribution in [-0.4, -0.2) is 4.98 Å². The summed E-state index contributed by atoms with van der Waals surface area (Å²) in [4.78, 5) is 4.17. The van der Waals surface area contributed by atoms with E-state index in [0.29, 0.717) is 11.3 Å². The van der Waals surface area contributed by atoms with Crippen molar-refractivity contribution in [2.24, 2.45) is 0 Å². The molecule has 0 amide bonds. The van der Waals surface area contributed by atoms with Gasteiger partial charge in [-0.05, 0) is 42.7 Å². The summed E-state index contributed by atoms with van der Waals surface area (Å²) in [6, 6.07) is 7.40. The van der Waals surface area contributed by atoms with Gasteiger partial charge in [0.2, 0.25) is 0 Å². The van der Waals surface area contributed by atoms with Crippen LogP contribution in [0.2, 0.25) is 0 Å². The van der Waals surface area contributed by atoms with Crippen LogP contribution >= 0.6 is 0 Å². The highest BCUT2D eigenvalue weighted by Gasteiger charge is 2.08. The summed E-state index contributed by atoms with van der Waals surface area (Å²) in [5.41, 5.74) is 2.05. The molecule has 1 heterocycles. The van der Waals surface area contributed by atoms with Crippen LogP contribution in [0.15, 0.2) is 36.5 Å². The van der Waals surface area contributed by atoms with Gasteiger partial charge in [-0.1, -0.05) is 19.8 Å². The van der Waals surface area contributed by atoms with Gasteiger partial charge in [0.1, 0.15) is 11.6 Å². The van der Waals surface area contributed by atoms with Crippen LogP contribution in [-0.2, 0) is 6.42 Å². The molecule has 1 aromatic carbocycles. The zero-order valence-electron chi connectivity index (χ0n) is 11.0. The van der Waals surface area contributed by atoms with E-state index >= 15 is 0 Å². The van der Waals surface area contributed by atoms with Gasteiger partial charge in [-0.2, -0.15) is 0 Å². The second-order valence-electron chi connectivity index (χ2n) is 4.63. The third-order valence-corrected chi connectivity index (χ3v) is 3.10. The van der Waals surface area contributed by atoms with Crippen molar-refractivity contribution in [1.82, 2.24) is 4.98 Å². The predicted molar refractivity (Wildman–Crippen MR) is 72.8 cm³/mol.